The van der Waals surface area contributed by atoms with Gasteiger partial charge in [-0.25, -0.2) is 8.42 Å². The second-order valence-corrected chi connectivity index (χ2v) is 6.82. The Labute approximate surface area is 103 Å². The SMILES string of the molecule is Cn1cc(CS(=O)(=O)Cl)c2ccc(Cl)cc21. The number of fused-ring (bicyclic) bond motifs is 1. The highest BCUT2D eigenvalue weighted by Gasteiger charge is 2.13. The first-order valence-electron chi connectivity index (χ1n) is 4.52. The summed E-state index contributed by atoms with van der Waals surface area (Å²) in [6.07, 6.45) is 1.75. The number of halogens is 2. The van der Waals surface area contributed by atoms with E-state index in [0.717, 1.165) is 10.9 Å². The number of rotatable bonds is 2. The highest BCUT2D eigenvalue weighted by Crippen LogP contribution is 2.26. The third-order valence-electron chi connectivity index (χ3n) is 2.36. The topological polar surface area (TPSA) is 39.1 Å². The minimum absolute atomic E-state index is 0.173. The fraction of sp³-hybridized carbons (Fsp3) is 0.200. The molecule has 2 rings (SSSR count). The average Bonchev–Trinajstić information content (AvgIpc) is 2.40. The van der Waals surface area contributed by atoms with Crippen molar-refractivity contribution in [2.75, 3.05) is 0 Å². The Bertz CT molecular complexity index is 646. The van der Waals surface area contributed by atoms with E-state index in [-0.39, 0.29) is 5.75 Å². The molecular formula is C10H9Cl2NO2S. The molecule has 0 saturated heterocycles. The monoisotopic (exact) mass is 277 g/mol. The fourth-order valence-corrected chi connectivity index (χ4v) is 2.86. The predicted octanol–water partition coefficient (Wildman–Crippen LogP) is 2.90. The minimum atomic E-state index is -3.54. The molecule has 0 atom stereocenters. The maximum absolute atomic E-state index is 11.1. The number of aromatic nitrogens is 1. The summed E-state index contributed by atoms with van der Waals surface area (Å²) in [5.41, 5.74) is 1.58. The number of hydrogen-bond acceptors (Lipinski definition) is 2. The van der Waals surface area contributed by atoms with Crippen molar-refractivity contribution in [2.45, 2.75) is 5.75 Å². The molecule has 0 aliphatic carbocycles. The Balaban J connectivity index is 2.64. The van der Waals surface area contributed by atoms with Gasteiger partial charge in [-0.1, -0.05) is 17.7 Å². The maximum Gasteiger partial charge on any atom is 0.236 e. The summed E-state index contributed by atoms with van der Waals surface area (Å²) >= 11 is 5.88. The first kappa shape index (κ1) is 11.8. The zero-order valence-electron chi connectivity index (χ0n) is 8.44. The summed E-state index contributed by atoms with van der Waals surface area (Å²) < 4.78 is 23.9. The molecule has 0 aliphatic heterocycles. The summed E-state index contributed by atoms with van der Waals surface area (Å²) in [6, 6.07) is 5.32. The van der Waals surface area contributed by atoms with Crippen LogP contribution in [0.1, 0.15) is 5.56 Å². The number of hydrogen-bond donors (Lipinski definition) is 0. The highest BCUT2D eigenvalue weighted by atomic mass is 35.7. The molecule has 0 N–H and O–H groups in total. The first-order valence-corrected chi connectivity index (χ1v) is 7.38. The summed E-state index contributed by atoms with van der Waals surface area (Å²) in [7, 11) is 3.54. The van der Waals surface area contributed by atoms with Gasteiger partial charge in [0.2, 0.25) is 9.05 Å². The lowest BCUT2D eigenvalue weighted by atomic mass is 10.2. The molecule has 86 valence electrons. The molecular weight excluding hydrogens is 269 g/mol. The van der Waals surface area contributed by atoms with Crippen LogP contribution < -0.4 is 0 Å². The van der Waals surface area contributed by atoms with Gasteiger partial charge in [0, 0.05) is 39.9 Å². The van der Waals surface area contributed by atoms with Gasteiger partial charge in [0.25, 0.3) is 0 Å². The van der Waals surface area contributed by atoms with Crippen molar-refractivity contribution < 1.29 is 8.42 Å². The lowest BCUT2D eigenvalue weighted by Gasteiger charge is -1.97. The van der Waals surface area contributed by atoms with E-state index in [1.54, 1.807) is 24.4 Å². The highest BCUT2D eigenvalue weighted by molar-refractivity contribution is 8.13. The molecule has 1 aromatic heterocycles. The van der Waals surface area contributed by atoms with Gasteiger partial charge in [0.1, 0.15) is 0 Å². The van der Waals surface area contributed by atoms with Gasteiger partial charge in [-0.15, -0.1) is 0 Å². The summed E-state index contributed by atoms with van der Waals surface area (Å²) in [5, 5.41) is 1.48. The molecule has 6 heteroatoms. The van der Waals surface area contributed by atoms with Crippen molar-refractivity contribution in [1.82, 2.24) is 4.57 Å². The van der Waals surface area contributed by atoms with Gasteiger partial charge in [0.15, 0.2) is 0 Å². The average molecular weight is 278 g/mol. The Kier molecular flexibility index (Phi) is 2.90. The van der Waals surface area contributed by atoms with E-state index < -0.39 is 9.05 Å². The van der Waals surface area contributed by atoms with Crippen LogP contribution in [0.5, 0.6) is 0 Å². The Morgan fingerprint density at radius 3 is 2.69 bits per heavy atom. The summed E-state index contributed by atoms with van der Waals surface area (Å²) in [6.45, 7) is 0. The van der Waals surface area contributed by atoms with Crippen molar-refractivity contribution in [1.29, 1.82) is 0 Å². The van der Waals surface area contributed by atoms with Crippen molar-refractivity contribution in [3.8, 4) is 0 Å². The zero-order valence-corrected chi connectivity index (χ0v) is 10.8. The van der Waals surface area contributed by atoms with Gasteiger partial charge in [-0.3, -0.25) is 0 Å². The second kappa shape index (κ2) is 3.95. The molecule has 2 aromatic rings. The van der Waals surface area contributed by atoms with Crippen molar-refractivity contribution in [3.63, 3.8) is 0 Å². The summed E-state index contributed by atoms with van der Waals surface area (Å²) in [5.74, 6) is -0.173. The third-order valence-corrected chi connectivity index (χ3v) is 3.58. The Hall–Kier alpha value is -0.710. The molecule has 0 radical (unpaired) electrons. The van der Waals surface area contributed by atoms with Gasteiger partial charge in [-0.2, -0.15) is 0 Å². The number of benzene rings is 1. The molecule has 0 fully saturated rings. The van der Waals surface area contributed by atoms with E-state index in [1.165, 1.54) is 0 Å². The standard InChI is InChI=1S/C10H9Cl2NO2S/c1-13-5-7(6-16(12,14)15)9-3-2-8(11)4-10(9)13/h2-5H,6H2,1H3. The van der Waals surface area contributed by atoms with E-state index in [0.29, 0.717) is 10.6 Å². The smallest absolute Gasteiger partial charge is 0.236 e. The quantitative estimate of drug-likeness (QED) is 0.792. The molecule has 1 heterocycles. The molecule has 16 heavy (non-hydrogen) atoms. The van der Waals surface area contributed by atoms with Crippen molar-refractivity contribution in [3.05, 3.63) is 35.0 Å². The van der Waals surface area contributed by atoms with Gasteiger partial charge >= 0.3 is 0 Å². The first-order chi connectivity index (χ1) is 7.37. The van der Waals surface area contributed by atoms with Crippen LogP contribution in [0.15, 0.2) is 24.4 Å². The molecule has 3 nitrogen and oxygen atoms in total. The van der Waals surface area contributed by atoms with Crippen molar-refractivity contribution >= 4 is 42.2 Å². The van der Waals surface area contributed by atoms with E-state index in [2.05, 4.69) is 0 Å². The van der Waals surface area contributed by atoms with E-state index >= 15 is 0 Å². The van der Waals surface area contributed by atoms with Gasteiger partial charge < -0.3 is 4.57 Å². The van der Waals surface area contributed by atoms with Crippen LogP contribution in [0.3, 0.4) is 0 Å². The van der Waals surface area contributed by atoms with Crippen LogP contribution in [0, 0.1) is 0 Å². The lowest BCUT2D eigenvalue weighted by molar-refractivity contribution is 0.609. The normalized spacial score (nSPS) is 12.2. The summed E-state index contributed by atoms with van der Waals surface area (Å²) in [4.78, 5) is 0. The fourth-order valence-electron chi connectivity index (χ4n) is 1.74. The van der Waals surface area contributed by atoms with Crippen LogP contribution in [0.4, 0.5) is 0 Å². The molecule has 0 bridgehead atoms. The van der Waals surface area contributed by atoms with E-state index in [9.17, 15) is 8.42 Å². The van der Waals surface area contributed by atoms with Crippen LogP contribution in [0.2, 0.25) is 5.02 Å². The van der Waals surface area contributed by atoms with Gasteiger partial charge in [-0.05, 0) is 17.7 Å². The Morgan fingerprint density at radius 2 is 2.06 bits per heavy atom. The van der Waals surface area contributed by atoms with Crippen molar-refractivity contribution in [2.24, 2.45) is 7.05 Å². The van der Waals surface area contributed by atoms with E-state index in [1.807, 2.05) is 11.6 Å². The molecule has 0 saturated carbocycles. The Morgan fingerprint density at radius 1 is 1.38 bits per heavy atom. The maximum atomic E-state index is 11.1. The van der Waals surface area contributed by atoms with Crippen LogP contribution in [0.25, 0.3) is 10.9 Å². The van der Waals surface area contributed by atoms with E-state index in [4.69, 9.17) is 22.3 Å². The number of nitrogens with zero attached hydrogens (tertiary/aromatic N) is 1. The number of aryl methyl sites for hydroxylation is 1. The van der Waals surface area contributed by atoms with Gasteiger partial charge in [0.05, 0.1) is 5.75 Å². The molecule has 1 aromatic carbocycles. The van der Waals surface area contributed by atoms with Crippen LogP contribution in [-0.4, -0.2) is 13.0 Å². The largest absolute Gasteiger partial charge is 0.350 e. The molecule has 0 aliphatic rings. The second-order valence-electron chi connectivity index (χ2n) is 3.61. The zero-order chi connectivity index (χ0) is 11.9. The minimum Gasteiger partial charge on any atom is -0.350 e. The molecule has 0 spiro atoms. The van der Waals surface area contributed by atoms with Crippen LogP contribution in [-0.2, 0) is 21.9 Å². The third kappa shape index (κ3) is 2.34. The molecule has 0 amide bonds. The molecule has 0 unspecified atom stereocenters. The lowest BCUT2D eigenvalue weighted by Crippen LogP contribution is -1.93. The predicted molar refractivity (Wildman–Crippen MR) is 66.4 cm³/mol. The van der Waals surface area contributed by atoms with Crippen LogP contribution >= 0.6 is 22.3 Å².